The van der Waals surface area contributed by atoms with Crippen LogP contribution >= 0.6 is 11.3 Å². The maximum absolute atomic E-state index is 12.3. The quantitative estimate of drug-likeness (QED) is 0.688. The number of aryl methyl sites for hydroxylation is 1. The van der Waals surface area contributed by atoms with Crippen LogP contribution in [0.2, 0.25) is 0 Å². The highest BCUT2D eigenvalue weighted by Gasteiger charge is 2.20. The topological polar surface area (TPSA) is 97.3 Å². The largest absolute Gasteiger partial charge is 0.399 e. The molecule has 0 bridgehead atoms. The van der Waals surface area contributed by atoms with Crippen molar-refractivity contribution in [3.63, 3.8) is 0 Å². The van der Waals surface area contributed by atoms with Crippen molar-refractivity contribution in [2.45, 2.75) is 6.92 Å². The fourth-order valence-corrected chi connectivity index (χ4v) is 3.27. The molecule has 2 heterocycles. The van der Waals surface area contributed by atoms with E-state index < -0.39 is 0 Å². The van der Waals surface area contributed by atoms with Crippen LogP contribution in [0.1, 0.15) is 15.4 Å². The van der Waals surface area contributed by atoms with Crippen molar-refractivity contribution in [1.82, 2.24) is 20.4 Å². The molecule has 0 aliphatic carbocycles. The number of nitrogens with zero attached hydrogens (tertiary/aromatic N) is 3. The number of nitrogens with two attached hydrogens (primary N) is 1. The number of aromatic nitrogens is 2. The van der Waals surface area contributed by atoms with Gasteiger partial charge in [0.25, 0.3) is 5.91 Å². The lowest BCUT2D eigenvalue weighted by Crippen LogP contribution is -2.31. The lowest BCUT2D eigenvalue weighted by atomic mass is 10.2. The van der Waals surface area contributed by atoms with Crippen LogP contribution in [0, 0.1) is 6.92 Å². The molecule has 3 N–H and O–H groups in total. The first-order valence-electron chi connectivity index (χ1n) is 7.51. The van der Waals surface area contributed by atoms with Crippen molar-refractivity contribution in [3.05, 3.63) is 28.8 Å². The summed E-state index contributed by atoms with van der Waals surface area (Å²) in [7, 11) is 3.93. The summed E-state index contributed by atoms with van der Waals surface area (Å²) in [6.07, 6.45) is 0. The summed E-state index contributed by atoms with van der Waals surface area (Å²) in [4.78, 5) is 19.4. The van der Waals surface area contributed by atoms with E-state index in [0.29, 0.717) is 39.1 Å². The highest BCUT2D eigenvalue weighted by molar-refractivity contribution is 7.17. The smallest absolute Gasteiger partial charge is 0.263 e. The van der Waals surface area contributed by atoms with Gasteiger partial charge in [-0.25, -0.2) is 4.98 Å². The predicted molar refractivity (Wildman–Crippen MR) is 95.2 cm³/mol. The fraction of sp³-hybridized carbons (Fsp3) is 0.312. The summed E-state index contributed by atoms with van der Waals surface area (Å²) in [6, 6.07) is 5.36. The van der Waals surface area contributed by atoms with Crippen LogP contribution in [0.15, 0.2) is 22.7 Å². The van der Waals surface area contributed by atoms with Gasteiger partial charge < -0.3 is 20.5 Å². The molecular weight excluding hydrogens is 326 g/mol. The predicted octanol–water partition coefficient (Wildman–Crippen LogP) is 2.13. The van der Waals surface area contributed by atoms with Gasteiger partial charge in [0.2, 0.25) is 0 Å². The average Bonchev–Trinajstić information content (AvgIpc) is 3.09. The van der Waals surface area contributed by atoms with Crippen LogP contribution in [-0.4, -0.2) is 48.1 Å². The lowest BCUT2D eigenvalue weighted by molar-refractivity contribution is 0.0954. The minimum atomic E-state index is -0.116. The summed E-state index contributed by atoms with van der Waals surface area (Å²) in [6.45, 7) is 3.19. The molecule has 0 atom stereocenters. The Bertz CT molecular complexity index is 884. The van der Waals surface area contributed by atoms with E-state index in [4.69, 9.17) is 10.3 Å². The third kappa shape index (κ3) is 3.24. The van der Waals surface area contributed by atoms with Gasteiger partial charge in [-0.2, -0.15) is 0 Å². The van der Waals surface area contributed by atoms with Gasteiger partial charge in [0.05, 0.1) is 11.1 Å². The van der Waals surface area contributed by atoms with Crippen molar-refractivity contribution in [2.24, 2.45) is 0 Å². The van der Waals surface area contributed by atoms with Crippen molar-refractivity contribution in [1.29, 1.82) is 0 Å². The number of carbonyl (C=O) groups is 1. The Hall–Kier alpha value is -2.45. The second-order valence-electron chi connectivity index (χ2n) is 5.78. The molecule has 0 saturated carbocycles. The molecule has 0 unspecified atom stereocenters. The number of amides is 1. The second-order valence-corrected chi connectivity index (χ2v) is 6.78. The van der Waals surface area contributed by atoms with Gasteiger partial charge in [0.15, 0.2) is 5.58 Å². The first kappa shape index (κ1) is 16.4. The molecule has 7 nitrogen and oxygen atoms in total. The number of fused-ring (bicyclic) bond motifs is 1. The van der Waals surface area contributed by atoms with Crippen LogP contribution in [0.3, 0.4) is 0 Å². The molecule has 0 radical (unpaired) electrons. The summed E-state index contributed by atoms with van der Waals surface area (Å²) in [5, 5.41) is 8.48. The van der Waals surface area contributed by atoms with Gasteiger partial charge in [-0.1, -0.05) is 5.16 Å². The summed E-state index contributed by atoms with van der Waals surface area (Å²) < 4.78 is 5.32. The third-order valence-electron chi connectivity index (χ3n) is 3.55. The number of likely N-dealkylation sites (N-methyl/N-ethyl adjacent to an activating group) is 1. The zero-order valence-electron chi connectivity index (χ0n) is 13.8. The second kappa shape index (κ2) is 6.58. The summed E-state index contributed by atoms with van der Waals surface area (Å²) in [5.74, 6) is -0.116. The zero-order chi connectivity index (χ0) is 17.3. The van der Waals surface area contributed by atoms with E-state index in [9.17, 15) is 4.79 Å². The number of benzene rings is 1. The van der Waals surface area contributed by atoms with Gasteiger partial charge in [0.1, 0.15) is 15.6 Å². The zero-order valence-corrected chi connectivity index (χ0v) is 14.6. The molecule has 2 aromatic heterocycles. The molecule has 126 valence electrons. The van der Waals surface area contributed by atoms with Crippen molar-refractivity contribution < 1.29 is 9.32 Å². The number of hydrogen-bond donors (Lipinski definition) is 2. The summed E-state index contributed by atoms with van der Waals surface area (Å²) in [5.41, 5.74) is 8.28. The first-order chi connectivity index (χ1) is 11.5. The monoisotopic (exact) mass is 345 g/mol. The SMILES string of the molecule is Cc1nc(-c2noc3cc(N)ccc23)sc1C(=O)NCCN(C)C. The normalized spacial score (nSPS) is 11.3. The lowest BCUT2D eigenvalue weighted by Gasteiger charge is -2.09. The maximum Gasteiger partial charge on any atom is 0.263 e. The van der Waals surface area contributed by atoms with Gasteiger partial charge in [0, 0.05) is 24.8 Å². The van der Waals surface area contributed by atoms with Crippen LogP contribution in [0.4, 0.5) is 5.69 Å². The summed E-state index contributed by atoms with van der Waals surface area (Å²) >= 11 is 1.31. The molecule has 0 aliphatic heterocycles. The molecule has 3 rings (SSSR count). The first-order valence-corrected chi connectivity index (χ1v) is 8.33. The van der Waals surface area contributed by atoms with E-state index in [1.54, 1.807) is 12.1 Å². The van der Waals surface area contributed by atoms with Gasteiger partial charge >= 0.3 is 0 Å². The number of nitrogen functional groups attached to an aromatic ring is 1. The van der Waals surface area contributed by atoms with Gasteiger partial charge in [-0.15, -0.1) is 11.3 Å². The van der Waals surface area contributed by atoms with E-state index in [2.05, 4.69) is 15.5 Å². The molecule has 3 aromatic rings. The minimum Gasteiger partial charge on any atom is -0.399 e. The number of rotatable bonds is 5. The Morgan fingerprint density at radius 2 is 2.21 bits per heavy atom. The number of carbonyl (C=O) groups excluding carboxylic acids is 1. The van der Waals surface area contributed by atoms with Crippen molar-refractivity contribution >= 4 is 33.9 Å². The Kier molecular flexibility index (Phi) is 4.50. The number of anilines is 1. The molecule has 1 amide bonds. The molecule has 0 saturated heterocycles. The van der Waals surface area contributed by atoms with E-state index in [0.717, 1.165) is 11.9 Å². The van der Waals surface area contributed by atoms with Crippen LogP contribution in [0.5, 0.6) is 0 Å². The van der Waals surface area contributed by atoms with Gasteiger partial charge in [-0.3, -0.25) is 4.79 Å². The van der Waals surface area contributed by atoms with E-state index in [1.807, 2.05) is 32.0 Å². The Balaban J connectivity index is 1.86. The number of hydrogen-bond acceptors (Lipinski definition) is 7. The Morgan fingerprint density at radius 3 is 2.96 bits per heavy atom. The standard InChI is InChI=1S/C16H19N5O2S/c1-9-14(15(22)18-6-7-21(2)3)24-16(19-9)13-11-5-4-10(17)8-12(11)23-20-13/h4-5,8H,6-7,17H2,1-3H3,(H,18,22). The van der Waals surface area contributed by atoms with Crippen LogP contribution in [-0.2, 0) is 0 Å². The highest BCUT2D eigenvalue weighted by Crippen LogP contribution is 2.33. The highest BCUT2D eigenvalue weighted by atomic mass is 32.1. The van der Waals surface area contributed by atoms with Gasteiger partial charge in [-0.05, 0) is 33.2 Å². The molecule has 8 heteroatoms. The third-order valence-corrected chi connectivity index (χ3v) is 4.71. The molecule has 0 aliphatic rings. The molecule has 24 heavy (non-hydrogen) atoms. The van der Waals surface area contributed by atoms with Crippen molar-refractivity contribution in [2.75, 3.05) is 32.9 Å². The molecule has 0 spiro atoms. The van der Waals surface area contributed by atoms with Crippen LogP contribution in [0.25, 0.3) is 21.7 Å². The van der Waals surface area contributed by atoms with E-state index in [1.165, 1.54) is 11.3 Å². The molecular formula is C16H19N5O2S. The average molecular weight is 345 g/mol. The molecule has 1 aromatic carbocycles. The Labute approximate surface area is 143 Å². The maximum atomic E-state index is 12.3. The van der Waals surface area contributed by atoms with E-state index in [-0.39, 0.29) is 5.91 Å². The van der Waals surface area contributed by atoms with E-state index >= 15 is 0 Å². The molecule has 0 fully saturated rings. The number of nitrogens with one attached hydrogen (secondary N) is 1. The minimum absolute atomic E-state index is 0.116. The Morgan fingerprint density at radius 1 is 1.42 bits per heavy atom. The van der Waals surface area contributed by atoms with Crippen molar-refractivity contribution in [3.8, 4) is 10.7 Å². The van der Waals surface area contributed by atoms with Crippen LogP contribution < -0.4 is 11.1 Å². The number of thiazole rings is 1. The fourth-order valence-electron chi connectivity index (χ4n) is 2.29.